The summed E-state index contributed by atoms with van der Waals surface area (Å²) in [5.74, 6) is -1.10. The number of carbonyl (C=O) groups excluding carboxylic acids is 1. The minimum Gasteiger partial charge on any atom is -0.489 e. The van der Waals surface area contributed by atoms with Crippen molar-refractivity contribution in [2.24, 2.45) is 0 Å². The molecule has 1 amide bonds. The van der Waals surface area contributed by atoms with Crippen LogP contribution in [0.3, 0.4) is 0 Å². The van der Waals surface area contributed by atoms with Crippen LogP contribution in [0.4, 0.5) is 4.39 Å². The van der Waals surface area contributed by atoms with Gasteiger partial charge < -0.3 is 4.74 Å². The number of sulfonamides is 1. The Hall–Kier alpha value is -3.23. The first-order valence-electron chi connectivity index (χ1n) is 12.6. The van der Waals surface area contributed by atoms with E-state index in [4.69, 9.17) is 4.74 Å². The SMILES string of the molecule is CS(=O)(=O)NC(=O)c1cc(C2CC2)c(OC2CCCN(Cc3cccc(-c4ccccc4)c3)C2)cc1F. The lowest BCUT2D eigenvalue weighted by Crippen LogP contribution is -2.40. The molecule has 0 radical (unpaired) electrons. The summed E-state index contributed by atoms with van der Waals surface area (Å²) >= 11 is 0. The summed E-state index contributed by atoms with van der Waals surface area (Å²) in [6, 6.07) is 21.6. The van der Waals surface area contributed by atoms with Gasteiger partial charge >= 0.3 is 0 Å². The molecule has 37 heavy (non-hydrogen) atoms. The van der Waals surface area contributed by atoms with Crippen LogP contribution in [0, 0.1) is 5.82 Å². The molecule has 0 aromatic heterocycles. The maximum Gasteiger partial charge on any atom is 0.267 e. The Balaban J connectivity index is 1.29. The van der Waals surface area contributed by atoms with Crippen LogP contribution < -0.4 is 9.46 Å². The number of carbonyl (C=O) groups is 1. The number of nitrogens with zero attached hydrogens (tertiary/aromatic N) is 1. The van der Waals surface area contributed by atoms with Crippen LogP contribution in [0.1, 0.15) is 53.1 Å². The molecule has 2 aliphatic rings. The molecule has 6 nitrogen and oxygen atoms in total. The van der Waals surface area contributed by atoms with Gasteiger partial charge in [0.15, 0.2) is 0 Å². The van der Waals surface area contributed by atoms with E-state index in [0.29, 0.717) is 5.75 Å². The molecule has 1 saturated carbocycles. The predicted molar refractivity (Wildman–Crippen MR) is 141 cm³/mol. The Bertz CT molecular complexity index is 1390. The van der Waals surface area contributed by atoms with E-state index in [0.717, 1.165) is 57.1 Å². The van der Waals surface area contributed by atoms with Gasteiger partial charge in [0.1, 0.15) is 17.7 Å². The van der Waals surface area contributed by atoms with Gasteiger partial charge in [-0.15, -0.1) is 0 Å². The van der Waals surface area contributed by atoms with Gasteiger partial charge in [0.2, 0.25) is 10.0 Å². The topological polar surface area (TPSA) is 75.7 Å². The molecule has 0 bridgehead atoms. The zero-order valence-electron chi connectivity index (χ0n) is 20.8. The minimum absolute atomic E-state index is 0.0985. The highest BCUT2D eigenvalue weighted by Crippen LogP contribution is 2.45. The molecule has 1 unspecified atom stereocenters. The summed E-state index contributed by atoms with van der Waals surface area (Å²) in [7, 11) is -3.79. The van der Waals surface area contributed by atoms with Crippen molar-refractivity contribution in [1.29, 1.82) is 0 Å². The Kier molecular flexibility index (Phi) is 7.31. The van der Waals surface area contributed by atoms with Crippen molar-refractivity contribution in [2.45, 2.75) is 44.2 Å². The molecule has 5 rings (SSSR count). The maximum absolute atomic E-state index is 14.9. The molecule has 1 heterocycles. The fourth-order valence-corrected chi connectivity index (χ4v) is 5.40. The van der Waals surface area contributed by atoms with Crippen molar-refractivity contribution in [3.8, 4) is 16.9 Å². The van der Waals surface area contributed by atoms with Crippen molar-refractivity contribution < 1.29 is 22.3 Å². The van der Waals surface area contributed by atoms with Crippen LogP contribution in [-0.2, 0) is 16.6 Å². The Morgan fingerprint density at radius 1 is 1.03 bits per heavy atom. The van der Waals surface area contributed by atoms with Crippen molar-refractivity contribution in [3.63, 3.8) is 0 Å². The first kappa shape index (κ1) is 25.4. The number of benzene rings is 3. The standard InChI is InChI=1S/C29H31FN2O4S/c1-37(34,35)31-29(33)26-16-25(22-12-13-22)28(17-27(26)30)36-24-11-6-14-32(19-24)18-20-7-5-10-23(15-20)21-8-3-2-4-9-21/h2-5,7-10,15-17,22,24H,6,11-14,18-19H2,1H3,(H,31,33). The summed E-state index contributed by atoms with van der Waals surface area (Å²) in [5, 5.41) is 0. The van der Waals surface area contributed by atoms with Gasteiger partial charge in [-0.2, -0.15) is 0 Å². The third-order valence-corrected chi connectivity index (χ3v) is 7.39. The number of amides is 1. The molecule has 1 saturated heterocycles. The molecule has 8 heteroatoms. The van der Waals surface area contributed by atoms with Crippen LogP contribution in [0.15, 0.2) is 66.7 Å². The lowest BCUT2D eigenvalue weighted by Gasteiger charge is -2.33. The second kappa shape index (κ2) is 10.6. The van der Waals surface area contributed by atoms with Gasteiger partial charge in [0.05, 0.1) is 11.8 Å². The molecule has 1 aliphatic carbocycles. The molecule has 0 spiro atoms. The molecule has 3 aromatic carbocycles. The Morgan fingerprint density at radius 2 is 1.78 bits per heavy atom. The van der Waals surface area contributed by atoms with E-state index in [2.05, 4.69) is 41.3 Å². The number of hydrogen-bond donors (Lipinski definition) is 1. The van der Waals surface area contributed by atoms with E-state index >= 15 is 0 Å². The Labute approximate surface area is 217 Å². The third kappa shape index (κ3) is 6.56. The number of likely N-dealkylation sites (tertiary alicyclic amines) is 1. The molecular weight excluding hydrogens is 491 g/mol. The fourth-order valence-electron chi connectivity index (χ4n) is 4.96. The van der Waals surface area contributed by atoms with Crippen molar-refractivity contribution in [2.75, 3.05) is 19.3 Å². The number of hydrogen-bond acceptors (Lipinski definition) is 5. The average molecular weight is 523 g/mol. The summed E-state index contributed by atoms with van der Waals surface area (Å²) in [4.78, 5) is 14.7. The lowest BCUT2D eigenvalue weighted by molar-refractivity contribution is 0.0832. The Morgan fingerprint density at radius 3 is 2.51 bits per heavy atom. The monoisotopic (exact) mass is 522 g/mol. The highest BCUT2D eigenvalue weighted by molar-refractivity contribution is 7.89. The summed E-state index contributed by atoms with van der Waals surface area (Å²) in [6.45, 7) is 2.48. The first-order chi connectivity index (χ1) is 17.7. The zero-order chi connectivity index (χ0) is 26.0. The second-order valence-corrected chi connectivity index (χ2v) is 11.8. The van der Waals surface area contributed by atoms with Gasteiger partial charge in [0, 0.05) is 19.2 Å². The zero-order valence-corrected chi connectivity index (χ0v) is 21.6. The predicted octanol–water partition coefficient (Wildman–Crippen LogP) is 5.10. The lowest BCUT2D eigenvalue weighted by atomic mass is 10.0. The molecule has 1 aliphatic heterocycles. The molecule has 194 valence electrons. The molecule has 2 fully saturated rings. The van der Waals surface area contributed by atoms with Crippen molar-refractivity contribution in [3.05, 3.63) is 89.2 Å². The quantitative estimate of drug-likeness (QED) is 0.445. The number of halogens is 1. The van der Waals surface area contributed by atoms with Crippen LogP contribution in [0.25, 0.3) is 11.1 Å². The van der Waals surface area contributed by atoms with E-state index in [-0.39, 0.29) is 17.6 Å². The van der Waals surface area contributed by atoms with Crippen molar-refractivity contribution >= 4 is 15.9 Å². The summed E-state index contributed by atoms with van der Waals surface area (Å²) in [5.41, 5.74) is 4.10. The van der Waals surface area contributed by atoms with Crippen molar-refractivity contribution in [1.82, 2.24) is 9.62 Å². The minimum atomic E-state index is -3.79. The van der Waals surface area contributed by atoms with E-state index in [1.54, 1.807) is 0 Å². The van der Waals surface area contributed by atoms with Gasteiger partial charge in [0.25, 0.3) is 5.91 Å². The van der Waals surface area contributed by atoms with E-state index in [1.807, 2.05) is 22.9 Å². The van der Waals surface area contributed by atoms with Gasteiger partial charge in [-0.05, 0) is 72.5 Å². The van der Waals surface area contributed by atoms with Gasteiger partial charge in [-0.25, -0.2) is 17.5 Å². The molecular formula is C29H31FN2O4S. The number of ether oxygens (including phenoxy) is 1. The number of piperidine rings is 1. The summed E-state index contributed by atoms with van der Waals surface area (Å²) < 4.78 is 46.0. The van der Waals surface area contributed by atoms with Gasteiger partial charge in [-0.3, -0.25) is 9.69 Å². The maximum atomic E-state index is 14.9. The summed E-state index contributed by atoms with van der Waals surface area (Å²) in [6.07, 6.45) is 4.47. The van der Waals surface area contributed by atoms with Gasteiger partial charge in [-0.1, -0.05) is 48.5 Å². The average Bonchev–Trinajstić information content (AvgIpc) is 3.69. The van der Waals surface area contributed by atoms with Crippen LogP contribution >= 0.6 is 0 Å². The number of rotatable bonds is 8. The highest BCUT2D eigenvalue weighted by atomic mass is 32.2. The molecule has 1 atom stereocenters. The third-order valence-electron chi connectivity index (χ3n) is 6.84. The smallest absolute Gasteiger partial charge is 0.267 e. The van der Waals surface area contributed by atoms with E-state index < -0.39 is 21.7 Å². The molecule has 1 N–H and O–H groups in total. The van der Waals surface area contributed by atoms with E-state index in [1.165, 1.54) is 28.8 Å². The van der Waals surface area contributed by atoms with Crippen LogP contribution in [-0.4, -0.2) is 44.7 Å². The van der Waals surface area contributed by atoms with E-state index in [9.17, 15) is 17.6 Å². The highest BCUT2D eigenvalue weighted by Gasteiger charge is 2.31. The number of nitrogens with one attached hydrogen (secondary N) is 1. The first-order valence-corrected chi connectivity index (χ1v) is 14.5. The molecule has 3 aromatic rings. The second-order valence-electron chi connectivity index (χ2n) is 10.0. The largest absolute Gasteiger partial charge is 0.489 e. The van der Waals surface area contributed by atoms with Crippen LogP contribution in [0.2, 0.25) is 0 Å². The normalized spacial score (nSPS) is 18.4. The fraction of sp³-hybridized carbons (Fsp3) is 0.345. The van der Waals surface area contributed by atoms with Crippen LogP contribution in [0.5, 0.6) is 5.75 Å².